The highest BCUT2D eigenvalue weighted by atomic mass is 79.9. The van der Waals surface area contributed by atoms with Crippen molar-refractivity contribution >= 4 is 15.9 Å². The summed E-state index contributed by atoms with van der Waals surface area (Å²) in [4.78, 5) is 0. The summed E-state index contributed by atoms with van der Waals surface area (Å²) in [6.45, 7) is -0.191. The lowest BCUT2D eigenvalue weighted by molar-refractivity contribution is -0.0369. The van der Waals surface area contributed by atoms with Crippen LogP contribution in [0.3, 0.4) is 0 Å². The number of hydrogen-bond donors (Lipinski definition) is 0. The Balaban J connectivity index is 2.43. The molecule has 0 radical (unpaired) electrons. The molecule has 0 aliphatic carbocycles. The van der Waals surface area contributed by atoms with Gasteiger partial charge in [0.25, 0.3) is 5.92 Å². The standard InChI is InChI=1S/C6H9BrF2O/c7-2-1-5-3-10-4-6(5,8)9/h5H,1-4H2. The second-order valence-electron chi connectivity index (χ2n) is 2.45. The van der Waals surface area contributed by atoms with Crippen LogP contribution in [0.5, 0.6) is 0 Å². The van der Waals surface area contributed by atoms with Gasteiger partial charge in [0.2, 0.25) is 0 Å². The van der Waals surface area contributed by atoms with Crippen LogP contribution in [-0.2, 0) is 4.74 Å². The van der Waals surface area contributed by atoms with Gasteiger partial charge in [0.1, 0.15) is 6.61 Å². The lowest BCUT2D eigenvalue weighted by Gasteiger charge is -2.14. The molecule has 0 bridgehead atoms. The fourth-order valence-corrected chi connectivity index (χ4v) is 1.56. The highest BCUT2D eigenvalue weighted by molar-refractivity contribution is 9.09. The molecule has 60 valence electrons. The molecule has 1 rings (SSSR count). The summed E-state index contributed by atoms with van der Waals surface area (Å²) in [6, 6.07) is 0. The zero-order valence-corrected chi connectivity index (χ0v) is 7.03. The van der Waals surface area contributed by atoms with Gasteiger partial charge in [-0.2, -0.15) is 0 Å². The molecule has 0 N–H and O–H groups in total. The third-order valence-corrected chi connectivity index (χ3v) is 2.13. The summed E-state index contributed by atoms with van der Waals surface area (Å²) in [5, 5.41) is 0.622. The van der Waals surface area contributed by atoms with E-state index in [2.05, 4.69) is 20.7 Å². The van der Waals surface area contributed by atoms with Crippen LogP contribution in [-0.4, -0.2) is 24.5 Å². The van der Waals surface area contributed by atoms with E-state index in [9.17, 15) is 8.78 Å². The van der Waals surface area contributed by atoms with E-state index >= 15 is 0 Å². The van der Waals surface area contributed by atoms with Gasteiger partial charge in [-0.05, 0) is 6.42 Å². The first kappa shape index (κ1) is 8.40. The Morgan fingerprint density at radius 1 is 1.60 bits per heavy atom. The Morgan fingerprint density at radius 3 is 2.70 bits per heavy atom. The Bertz CT molecular complexity index is 118. The number of halogens is 3. The van der Waals surface area contributed by atoms with Gasteiger partial charge in [0, 0.05) is 11.2 Å². The molecular weight excluding hydrogens is 206 g/mol. The molecule has 1 nitrogen and oxygen atoms in total. The first-order valence-electron chi connectivity index (χ1n) is 3.18. The Morgan fingerprint density at radius 2 is 2.30 bits per heavy atom. The molecule has 1 atom stereocenters. The Kier molecular flexibility index (Phi) is 2.63. The van der Waals surface area contributed by atoms with E-state index in [1.165, 1.54) is 0 Å². The summed E-state index contributed by atoms with van der Waals surface area (Å²) >= 11 is 3.12. The summed E-state index contributed by atoms with van der Waals surface area (Å²) < 4.78 is 30.0. The van der Waals surface area contributed by atoms with Crippen molar-refractivity contribution in [3.05, 3.63) is 0 Å². The van der Waals surface area contributed by atoms with Crippen LogP contribution in [0.25, 0.3) is 0 Å². The molecule has 1 aliphatic rings. The molecule has 0 spiro atoms. The van der Waals surface area contributed by atoms with Crippen LogP contribution in [0.15, 0.2) is 0 Å². The first-order valence-corrected chi connectivity index (χ1v) is 4.30. The largest absolute Gasteiger partial charge is 0.375 e. The summed E-state index contributed by atoms with van der Waals surface area (Å²) in [5.74, 6) is -3.17. The number of alkyl halides is 3. The molecule has 0 amide bonds. The predicted molar refractivity (Wildman–Crippen MR) is 37.7 cm³/mol. The zero-order valence-electron chi connectivity index (χ0n) is 5.45. The third kappa shape index (κ3) is 1.66. The fourth-order valence-electron chi connectivity index (χ4n) is 1.00. The summed E-state index contributed by atoms with van der Waals surface area (Å²) in [6.07, 6.45) is 0.493. The van der Waals surface area contributed by atoms with Gasteiger partial charge in [-0.3, -0.25) is 0 Å². The van der Waals surface area contributed by atoms with Gasteiger partial charge in [0.05, 0.1) is 6.61 Å². The van der Waals surface area contributed by atoms with Gasteiger partial charge >= 0.3 is 0 Å². The van der Waals surface area contributed by atoms with Crippen molar-refractivity contribution in [2.75, 3.05) is 18.5 Å². The van der Waals surface area contributed by atoms with Gasteiger partial charge < -0.3 is 4.74 Å². The van der Waals surface area contributed by atoms with E-state index < -0.39 is 18.4 Å². The Labute approximate surface area is 66.9 Å². The highest BCUT2D eigenvalue weighted by Crippen LogP contribution is 2.33. The van der Waals surface area contributed by atoms with Crippen LogP contribution in [0, 0.1) is 5.92 Å². The molecule has 1 saturated heterocycles. The van der Waals surface area contributed by atoms with Crippen molar-refractivity contribution in [3.63, 3.8) is 0 Å². The van der Waals surface area contributed by atoms with Crippen LogP contribution < -0.4 is 0 Å². The van der Waals surface area contributed by atoms with Crippen LogP contribution in [0.4, 0.5) is 8.78 Å². The maximum Gasteiger partial charge on any atom is 0.275 e. The first-order chi connectivity index (χ1) is 4.67. The molecule has 1 heterocycles. The van der Waals surface area contributed by atoms with Crippen molar-refractivity contribution in [1.82, 2.24) is 0 Å². The maximum absolute atomic E-state index is 12.7. The molecule has 1 aliphatic heterocycles. The highest BCUT2D eigenvalue weighted by Gasteiger charge is 2.44. The Hall–Kier alpha value is 0.300. The topological polar surface area (TPSA) is 9.23 Å². The minimum atomic E-state index is -2.59. The van der Waals surface area contributed by atoms with E-state index in [4.69, 9.17) is 0 Å². The van der Waals surface area contributed by atoms with E-state index in [0.717, 1.165) is 0 Å². The maximum atomic E-state index is 12.7. The zero-order chi connectivity index (χ0) is 7.61. The fraction of sp³-hybridized carbons (Fsp3) is 1.00. The molecular formula is C6H9BrF2O. The van der Waals surface area contributed by atoms with Gasteiger partial charge in [-0.25, -0.2) is 8.78 Å². The van der Waals surface area contributed by atoms with Crippen molar-refractivity contribution in [2.45, 2.75) is 12.3 Å². The molecule has 0 aromatic heterocycles. The number of hydrogen-bond acceptors (Lipinski definition) is 1. The number of rotatable bonds is 2. The summed E-state index contributed by atoms with van der Waals surface area (Å²) in [5.41, 5.74) is 0. The second-order valence-corrected chi connectivity index (χ2v) is 3.24. The van der Waals surface area contributed by atoms with Crippen molar-refractivity contribution in [2.24, 2.45) is 5.92 Å². The third-order valence-electron chi connectivity index (χ3n) is 1.67. The van der Waals surface area contributed by atoms with E-state index in [1.54, 1.807) is 0 Å². The molecule has 0 saturated carbocycles. The minimum absolute atomic E-state index is 0.207. The SMILES string of the molecule is FC1(F)COCC1CCBr. The number of ether oxygens (including phenoxy) is 1. The van der Waals surface area contributed by atoms with E-state index in [-0.39, 0.29) is 6.61 Å². The van der Waals surface area contributed by atoms with Crippen LogP contribution in [0.1, 0.15) is 6.42 Å². The molecule has 1 unspecified atom stereocenters. The lowest BCUT2D eigenvalue weighted by atomic mass is 10.0. The van der Waals surface area contributed by atoms with Gasteiger partial charge in [-0.15, -0.1) is 0 Å². The van der Waals surface area contributed by atoms with Gasteiger partial charge in [0.15, 0.2) is 0 Å². The average molecular weight is 215 g/mol. The minimum Gasteiger partial charge on any atom is -0.375 e. The predicted octanol–water partition coefficient (Wildman–Crippen LogP) is 2.05. The van der Waals surface area contributed by atoms with E-state index in [0.29, 0.717) is 11.8 Å². The normalized spacial score (nSPS) is 30.9. The molecule has 1 fully saturated rings. The van der Waals surface area contributed by atoms with Gasteiger partial charge in [-0.1, -0.05) is 15.9 Å². The van der Waals surface area contributed by atoms with Crippen molar-refractivity contribution in [1.29, 1.82) is 0 Å². The van der Waals surface area contributed by atoms with E-state index in [1.807, 2.05) is 0 Å². The summed E-state index contributed by atoms with van der Waals surface area (Å²) in [7, 11) is 0. The lowest BCUT2D eigenvalue weighted by Crippen LogP contribution is -2.26. The quantitative estimate of drug-likeness (QED) is 0.640. The smallest absolute Gasteiger partial charge is 0.275 e. The molecule has 0 aromatic carbocycles. The monoisotopic (exact) mass is 214 g/mol. The molecule has 0 aromatic rings. The van der Waals surface area contributed by atoms with Crippen molar-refractivity contribution < 1.29 is 13.5 Å². The van der Waals surface area contributed by atoms with Crippen molar-refractivity contribution in [3.8, 4) is 0 Å². The average Bonchev–Trinajstić information content (AvgIpc) is 2.13. The van der Waals surface area contributed by atoms with Crippen LogP contribution in [0.2, 0.25) is 0 Å². The molecule has 10 heavy (non-hydrogen) atoms. The molecule has 4 heteroatoms. The second kappa shape index (κ2) is 3.13. The van der Waals surface area contributed by atoms with Crippen LogP contribution >= 0.6 is 15.9 Å².